The molecule has 0 bridgehead atoms. The van der Waals surface area contributed by atoms with Gasteiger partial charge in [0.25, 0.3) is 0 Å². The number of aromatic hydroxyl groups is 1. The Morgan fingerprint density at radius 1 is 1.17 bits per heavy atom. The molecule has 1 aromatic heterocycles. The summed E-state index contributed by atoms with van der Waals surface area (Å²) < 4.78 is 0. The molecule has 0 unspecified atom stereocenters. The van der Waals surface area contributed by atoms with Crippen LogP contribution in [0.1, 0.15) is 0 Å². The van der Waals surface area contributed by atoms with Crippen molar-refractivity contribution in [3.63, 3.8) is 0 Å². The largest absolute Gasteiger partial charge is 0.508 e. The van der Waals surface area contributed by atoms with Crippen molar-refractivity contribution in [2.75, 3.05) is 5.32 Å². The first kappa shape index (κ1) is 10.9. The molecule has 3 rings (SSSR count). The van der Waals surface area contributed by atoms with Gasteiger partial charge < -0.3 is 10.4 Å². The van der Waals surface area contributed by atoms with Gasteiger partial charge in [0.1, 0.15) is 5.75 Å². The van der Waals surface area contributed by atoms with Gasteiger partial charge in [0.05, 0.1) is 5.52 Å². The van der Waals surface area contributed by atoms with Gasteiger partial charge in [-0.2, -0.15) is 5.10 Å². The fourth-order valence-electron chi connectivity index (χ4n) is 1.80. The molecule has 0 aliphatic carbocycles. The molecule has 2 aromatic carbocycles. The molecular formula is C13H10ClN3O. The standard InChI is InChI=1S/C13H10ClN3O/c14-8-2-1-3-9(6-8)15-13-11-7-10(18)4-5-12(11)16-17-13/h1-7,18H,(H2,15,16,17). The first-order valence-corrected chi connectivity index (χ1v) is 5.80. The zero-order valence-electron chi connectivity index (χ0n) is 9.31. The minimum atomic E-state index is 0.207. The van der Waals surface area contributed by atoms with E-state index >= 15 is 0 Å². The van der Waals surface area contributed by atoms with Crippen LogP contribution in [0.25, 0.3) is 10.9 Å². The number of hydrogen-bond acceptors (Lipinski definition) is 3. The molecule has 0 aliphatic heterocycles. The highest BCUT2D eigenvalue weighted by molar-refractivity contribution is 6.30. The monoisotopic (exact) mass is 259 g/mol. The van der Waals surface area contributed by atoms with Gasteiger partial charge in [-0.25, -0.2) is 0 Å². The van der Waals surface area contributed by atoms with E-state index in [-0.39, 0.29) is 5.75 Å². The summed E-state index contributed by atoms with van der Waals surface area (Å²) in [6, 6.07) is 12.4. The van der Waals surface area contributed by atoms with Crippen LogP contribution in [-0.2, 0) is 0 Å². The van der Waals surface area contributed by atoms with Crippen molar-refractivity contribution in [3.05, 3.63) is 47.5 Å². The summed E-state index contributed by atoms with van der Waals surface area (Å²) >= 11 is 5.92. The highest BCUT2D eigenvalue weighted by Gasteiger charge is 2.06. The molecule has 0 atom stereocenters. The summed E-state index contributed by atoms with van der Waals surface area (Å²) in [6.45, 7) is 0. The average Bonchev–Trinajstić information content (AvgIpc) is 2.72. The molecule has 3 aromatic rings. The van der Waals surface area contributed by atoms with E-state index in [1.165, 1.54) is 0 Å². The average molecular weight is 260 g/mol. The Balaban J connectivity index is 2.02. The first-order valence-electron chi connectivity index (χ1n) is 5.42. The lowest BCUT2D eigenvalue weighted by molar-refractivity contribution is 0.476. The number of hydrogen-bond donors (Lipinski definition) is 3. The molecule has 0 spiro atoms. The molecule has 0 radical (unpaired) electrons. The first-order chi connectivity index (χ1) is 8.72. The molecule has 90 valence electrons. The van der Waals surface area contributed by atoms with Crippen LogP contribution in [0.2, 0.25) is 5.02 Å². The quantitative estimate of drug-likeness (QED) is 0.658. The number of benzene rings is 2. The predicted molar refractivity (Wildman–Crippen MR) is 72.5 cm³/mol. The van der Waals surface area contributed by atoms with E-state index in [0.717, 1.165) is 16.6 Å². The van der Waals surface area contributed by atoms with Crippen LogP contribution in [0, 0.1) is 0 Å². The SMILES string of the molecule is Oc1ccc2[nH]nc(Nc3cccc(Cl)c3)c2c1. The van der Waals surface area contributed by atoms with Crippen molar-refractivity contribution >= 4 is 34.0 Å². The Labute approximate surface area is 108 Å². The Hall–Kier alpha value is -2.20. The number of anilines is 2. The van der Waals surface area contributed by atoms with Crippen LogP contribution in [0.15, 0.2) is 42.5 Å². The van der Waals surface area contributed by atoms with Crippen LogP contribution in [0.5, 0.6) is 5.75 Å². The van der Waals surface area contributed by atoms with Crippen LogP contribution >= 0.6 is 11.6 Å². The second-order valence-electron chi connectivity index (χ2n) is 3.94. The third-order valence-electron chi connectivity index (χ3n) is 2.63. The number of aromatic amines is 1. The summed E-state index contributed by atoms with van der Waals surface area (Å²) in [5.74, 6) is 0.862. The molecule has 0 aliphatic rings. The normalized spacial score (nSPS) is 10.7. The van der Waals surface area contributed by atoms with Gasteiger partial charge in [-0.05, 0) is 36.4 Å². The summed E-state index contributed by atoms with van der Waals surface area (Å²) in [6.07, 6.45) is 0. The molecule has 0 saturated heterocycles. The molecule has 0 fully saturated rings. The molecule has 4 nitrogen and oxygen atoms in total. The molecular weight excluding hydrogens is 250 g/mol. The van der Waals surface area contributed by atoms with Crippen molar-refractivity contribution in [3.8, 4) is 5.75 Å². The maximum Gasteiger partial charge on any atom is 0.160 e. The number of nitrogens with one attached hydrogen (secondary N) is 2. The van der Waals surface area contributed by atoms with Crippen LogP contribution in [-0.4, -0.2) is 15.3 Å². The fourth-order valence-corrected chi connectivity index (χ4v) is 1.99. The predicted octanol–water partition coefficient (Wildman–Crippen LogP) is 3.67. The second kappa shape index (κ2) is 4.23. The van der Waals surface area contributed by atoms with E-state index in [2.05, 4.69) is 15.5 Å². The Kier molecular flexibility index (Phi) is 2.57. The van der Waals surface area contributed by atoms with Gasteiger partial charge >= 0.3 is 0 Å². The summed E-state index contributed by atoms with van der Waals surface area (Å²) in [4.78, 5) is 0. The fraction of sp³-hybridized carbons (Fsp3) is 0. The van der Waals surface area contributed by atoms with Crippen LogP contribution < -0.4 is 5.32 Å². The molecule has 0 amide bonds. The lowest BCUT2D eigenvalue weighted by atomic mass is 10.2. The number of nitrogens with zero attached hydrogens (tertiary/aromatic N) is 1. The summed E-state index contributed by atoms with van der Waals surface area (Å²) in [7, 11) is 0. The van der Waals surface area contributed by atoms with E-state index in [1.54, 1.807) is 24.3 Å². The number of H-pyrrole nitrogens is 1. The van der Waals surface area contributed by atoms with Gasteiger partial charge in [-0.15, -0.1) is 0 Å². The smallest absolute Gasteiger partial charge is 0.160 e. The maximum atomic E-state index is 9.49. The van der Waals surface area contributed by atoms with Crippen molar-refractivity contribution in [1.29, 1.82) is 0 Å². The lowest BCUT2D eigenvalue weighted by Gasteiger charge is -2.03. The Morgan fingerprint density at radius 2 is 2.06 bits per heavy atom. The van der Waals surface area contributed by atoms with Gasteiger partial charge in [-0.1, -0.05) is 17.7 Å². The highest BCUT2D eigenvalue weighted by Crippen LogP contribution is 2.27. The van der Waals surface area contributed by atoms with Gasteiger partial charge in [0.2, 0.25) is 0 Å². The maximum absolute atomic E-state index is 9.49. The zero-order valence-corrected chi connectivity index (χ0v) is 10.1. The lowest BCUT2D eigenvalue weighted by Crippen LogP contribution is -1.90. The van der Waals surface area contributed by atoms with Crippen molar-refractivity contribution in [2.45, 2.75) is 0 Å². The van der Waals surface area contributed by atoms with Gasteiger partial charge in [-0.3, -0.25) is 5.10 Å². The minimum absolute atomic E-state index is 0.207. The number of rotatable bonds is 2. The molecule has 1 heterocycles. The zero-order chi connectivity index (χ0) is 12.5. The van der Waals surface area contributed by atoms with Gasteiger partial charge in [0, 0.05) is 16.1 Å². The van der Waals surface area contributed by atoms with Crippen molar-refractivity contribution in [2.24, 2.45) is 0 Å². The molecule has 3 N–H and O–H groups in total. The van der Waals surface area contributed by atoms with E-state index < -0.39 is 0 Å². The topological polar surface area (TPSA) is 60.9 Å². The third-order valence-corrected chi connectivity index (χ3v) is 2.87. The van der Waals surface area contributed by atoms with E-state index in [1.807, 2.05) is 18.2 Å². The summed E-state index contributed by atoms with van der Waals surface area (Å²) in [5, 5.41) is 21.2. The minimum Gasteiger partial charge on any atom is -0.508 e. The van der Waals surface area contributed by atoms with Gasteiger partial charge in [0.15, 0.2) is 5.82 Å². The van der Waals surface area contributed by atoms with Crippen molar-refractivity contribution < 1.29 is 5.11 Å². The summed E-state index contributed by atoms with van der Waals surface area (Å²) in [5.41, 5.74) is 1.71. The van der Waals surface area contributed by atoms with E-state index in [0.29, 0.717) is 10.8 Å². The molecule has 5 heteroatoms. The number of phenols is 1. The Morgan fingerprint density at radius 3 is 2.89 bits per heavy atom. The number of fused-ring (bicyclic) bond motifs is 1. The highest BCUT2D eigenvalue weighted by atomic mass is 35.5. The van der Waals surface area contributed by atoms with Crippen LogP contribution in [0.3, 0.4) is 0 Å². The number of phenolic OH excluding ortho intramolecular Hbond substituents is 1. The number of aromatic nitrogens is 2. The molecule has 18 heavy (non-hydrogen) atoms. The third kappa shape index (κ3) is 1.98. The second-order valence-corrected chi connectivity index (χ2v) is 4.37. The number of halogens is 1. The van der Waals surface area contributed by atoms with Crippen LogP contribution in [0.4, 0.5) is 11.5 Å². The molecule has 0 saturated carbocycles. The van der Waals surface area contributed by atoms with E-state index in [4.69, 9.17) is 11.6 Å². The van der Waals surface area contributed by atoms with Crippen molar-refractivity contribution in [1.82, 2.24) is 10.2 Å². The van der Waals surface area contributed by atoms with E-state index in [9.17, 15) is 5.11 Å². The Bertz CT molecular complexity index is 708.